The number of benzene rings is 1. The summed E-state index contributed by atoms with van der Waals surface area (Å²) in [4.78, 5) is 23.2. The summed E-state index contributed by atoms with van der Waals surface area (Å²) in [6.45, 7) is 0. The van der Waals surface area contributed by atoms with E-state index >= 15 is 0 Å². The van der Waals surface area contributed by atoms with Crippen molar-refractivity contribution in [1.82, 2.24) is 9.78 Å². The third kappa shape index (κ3) is 3.12. The van der Waals surface area contributed by atoms with Gasteiger partial charge in [-0.15, -0.1) is 0 Å². The van der Waals surface area contributed by atoms with Crippen LogP contribution in [0.25, 0.3) is 0 Å². The molecule has 104 valence electrons. The van der Waals surface area contributed by atoms with E-state index in [9.17, 15) is 9.59 Å². The van der Waals surface area contributed by atoms with Crippen LogP contribution < -0.4 is 10.9 Å². The molecule has 0 aliphatic carbocycles. The number of hydrogen-bond donors (Lipinski definition) is 1. The first-order chi connectivity index (χ1) is 9.38. The number of aromatic nitrogens is 2. The van der Waals surface area contributed by atoms with Crippen LogP contribution in [0.2, 0.25) is 15.1 Å². The fourth-order valence-electron chi connectivity index (χ4n) is 1.43. The third-order valence-electron chi connectivity index (χ3n) is 2.45. The summed E-state index contributed by atoms with van der Waals surface area (Å²) in [6, 6.07) is 5.43. The molecule has 1 aromatic heterocycles. The minimum atomic E-state index is -0.513. The monoisotopic (exact) mass is 331 g/mol. The standard InChI is InChI=1S/C12H8Cl3N3O2/c1-18-11(19)3-2-9(17-18)12(20)16-10-5-7(14)6(13)4-8(10)15/h2-5H,1H3,(H,16,20). The summed E-state index contributed by atoms with van der Waals surface area (Å²) in [5, 5.41) is 7.18. The third-order valence-corrected chi connectivity index (χ3v) is 3.49. The van der Waals surface area contributed by atoms with Gasteiger partial charge < -0.3 is 5.32 Å². The second-order valence-electron chi connectivity index (χ2n) is 3.88. The van der Waals surface area contributed by atoms with Crippen molar-refractivity contribution in [2.45, 2.75) is 0 Å². The molecule has 0 spiro atoms. The minimum absolute atomic E-state index is 0.0780. The lowest BCUT2D eigenvalue weighted by atomic mass is 10.3. The van der Waals surface area contributed by atoms with Gasteiger partial charge in [-0.25, -0.2) is 4.68 Å². The minimum Gasteiger partial charge on any atom is -0.319 e. The highest BCUT2D eigenvalue weighted by atomic mass is 35.5. The van der Waals surface area contributed by atoms with Crippen LogP contribution in [-0.2, 0) is 7.05 Å². The molecule has 0 bridgehead atoms. The molecule has 2 rings (SSSR count). The number of carbonyl (C=O) groups excluding carboxylic acids is 1. The first kappa shape index (κ1) is 14.8. The van der Waals surface area contributed by atoms with Crippen LogP contribution in [0.3, 0.4) is 0 Å². The molecule has 0 unspecified atom stereocenters. The Hall–Kier alpha value is -1.56. The summed E-state index contributed by atoms with van der Waals surface area (Å²) >= 11 is 17.6. The summed E-state index contributed by atoms with van der Waals surface area (Å²) in [5.41, 5.74) is 0.0741. The number of hydrogen-bond acceptors (Lipinski definition) is 3. The molecule has 0 aliphatic heterocycles. The largest absolute Gasteiger partial charge is 0.319 e. The van der Waals surface area contributed by atoms with Gasteiger partial charge in [-0.1, -0.05) is 34.8 Å². The van der Waals surface area contributed by atoms with E-state index < -0.39 is 5.91 Å². The van der Waals surface area contributed by atoms with Crippen molar-refractivity contribution in [3.05, 3.63) is 55.4 Å². The van der Waals surface area contributed by atoms with Gasteiger partial charge in [0.25, 0.3) is 11.5 Å². The Kier molecular flexibility index (Phi) is 4.32. The number of nitrogens with one attached hydrogen (secondary N) is 1. The SMILES string of the molecule is Cn1nc(C(=O)Nc2cc(Cl)c(Cl)cc2Cl)ccc1=O. The van der Waals surface area contributed by atoms with E-state index in [0.29, 0.717) is 5.69 Å². The summed E-state index contributed by atoms with van der Waals surface area (Å²) < 4.78 is 1.06. The Balaban J connectivity index is 2.30. The van der Waals surface area contributed by atoms with Gasteiger partial charge in [0.2, 0.25) is 0 Å². The Morgan fingerprint density at radius 2 is 1.80 bits per heavy atom. The van der Waals surface area contributed by atoms with E-state index in [0.717, 1.165) is 4.68 Å². The lowest BCUT2D eigenvalue weighted by Gasteiger charge is -2.08. The molecule has 0 saturated heterocycles. The molecule has 0 fully saturated rings. The quantitative estimate of drug-likeness (QED) is 0.860. The van der Waals surface area contributed by atoms with Crippen LogP contribution >= 0.6 is 34.8 Å². The van der Waals surface area contributed by atoms with Gasteiger partial charge >= 0.3 is 0 Å². The zero-order valence-electron chi connectivity index (χ0n) is 10.2. The molecule has 1 aromatic carbocycles. The van der Waals surface area contributed by atoms with Gasteiger partial charge in [-0.05, 0) is 18.2 Å². The number of anilines is 1. The number of nitrogens with zero attached hydrogens (tertiary/aromatic N) is 2. The maximum Gasteiger partial charge on any atom is 0.276 e. The Morgan fingerprint density at radius 3 is 2.45 bits per heavy atom. The topological polar surface area (TPSA) is 64.0 Å². The van der Waals surface area contributed by atoms with Crippen LogP contribution in [0, 0.1) is 0 Å². The number of halogens is 3. The molecule has 1 amide bonds. The van der Waals surface area contributed by atoms with Gasteiger partial charge in [0, 0.05) is 13.1 Å². The maximum atomic E-state index is 12.0. The van der Waals surface area contributed by atoms with Crippen LogP contribution in [0.1, 0.15) is 10.5 Å². The van der Waals surface area contributed by atoms with E-state index in [1.54, 1.807) is 0 Å². The van der Waals surface area contributed by atoms with Crippen LogP contribution in [-0.4, -0.2) is 15.7 Å². The molecule has 20 heavy (non-hydrogen) atoms. The first-order valence-corrected chi connectivity index (χ1v) is 6.52. The Morgan fingerprint density at radius 1 is 1.15 bits per heavy atom. The zero-order valence-corrected chi connectivity index (χ0v) is 12.4. The van der Waals surface area contributed by atoms with E-state index in [1.165, 1.54) is 31.3 Å². The van der Waals surface area contributed by atoms with E-state index in [4.69, 9.17) is 34.8 Å². The number of amides is 1. The maximum absolute atomic E-state index is 12.0. The van der Waals surface area contributed by atoms with Gasteiger partial charge in [0.15, 0.2) is 0 Å². The summed E-state index contributed by atoms with van der Waals surface area (Å²) in [6.07, 6.45) is 0. The molecule has 0 aliphatic rings. The highest BCUT2D eigenvalue weighted by Gasteiger charge is 2.12. The molecule has 8 heteroatoms. The van der Waals surface area contributed by atoms with E-state index in [-0.39, 0.29) is 26.3 Å². The highest BCUT2D eigenvalue weighted by molar-refractivity contribution is 6.44. The van der Waals surface area contributed by atoms with Crippen molar-refractivity contribution < 1.29 is 4.79 Å². The lowest BCUT2D eigenvalue weighted by molar-refractivity contribution is 0.102. The molecular formula is C12H8Cl3N3O2. The van der Waals surface area contributed by atoms with Gasteiger partial charge in [-0.2, -0.15) is 5.10 Å². The van der Waals surface area contributed by atoms with Crippen molar-refractivity contribution in [1.29, 1.82) is 0 Å². The second kappa shape index (κ2) is 5.83. The van der Waals surface area contributed by atoms with E-state index in [2.05, 4.69) is 10.4 Å². The molecule has 1 N–H and O–H groups in total. The van der Waals surface area contributed by atoms with Gasteiger partial charge in [0.05, 0.1) is 20.8 Å². The highest BCUT2D eigenvalue weighted by Crippen LogP contribution is 2.32. The Bertz CT molecular complexity index is 743. The number of aryl methyl sites for hydroxylation is 1. The molecule has 5 nitrogen and oxygen atoms in total. The molecular weight excluding hydrogens is 325 g/mol. The molecule has 2 aromatic rings. The summed E-state index contributed by atoms with van der Waals surface area (Å²) in [7, 11) is 1.45. The van der Waals surface area contributed by atoms with Crippen LogP contribution in [0.15, 0.2) is 29.1 Å². The van der Waals surface area contributed by atoms with Gasteiger partial charge in [-0.3, -0.25) is 9.59 Å². The number of rotatable bonds is 2. The average Bonchev–Trinajstić information content (AvgIpc) is 2.39. The molecule has 0 atom stereocenters. The van der Waals surface area contributed by atoms with Crippen molar-refractivity contribution in [2.75, 3.05) is 5.32 Å². The predicted octanol–water partition coefficient (Wildman–Crippen LogP) is 2.99. The predicted molar refractivity (Wildman–Crippen MR) is 78.9 cm³/mol. The second-order valence-corrected chi connectivity index (χ2v) is 5.10. The van der Waals surface area contributed by atoms with Crippen molar-refractivity contribution in [2.24, 2.45) is 7.05 Å². The van der Waals surface area contributed by atoms with Crippen molar-refractivity contribution in [3.63, 3.8) is 0 Å². The lowest BCUT2D eigenvalue weighted by Crippen LogP contribution is -2.23. The van der Waals surface area contributed by atoms with Crippen molar-refractivity contribution >= 4 is 46.4 Å². The van der Waals surface area contributed by atoms with Gasteiger partial charge in [0.1, 0.15) is 5.69 Å². The fourth-order valence-corrected chi connectivity index (χ4v) is 2.02. The number of carbonyl (C=O) groups is 1. The van der Waals surface area contributed by atoms with Crippen molar-refractivity contribution in [3.8, 4) is 0 Å². The van der Waals surface area contributed by atoms with Crippen LogP contribution in [0.4, 0.5) is 5.69 Å². The zero-order chi connectivity index (χ0) is 14.9. The van der Waals surface area contributed by atoms with E-state index in [1.807, 2.05) is 0 Å². The Labute approximate surface area is 129 Å². The molecule has 1 heterocycles. The fraction of sp³-hybridized carbons (Fsp3) is 0.0833. The first-order valence-electron chi connectivity index (χ1n) is 5.39. The molecule has 0 saturated carbocycles. The molecule has 0 radical (unpaired) electrons. The average molecular weight is 333 g/mol. The summed E-state index contributed by atoms with van der Waals surface area (Å²) in [5.74, 6) is -0.513. The smallest absolute Gasteiger partial charge is 0.276 e. The normalized spacial score (nSPS) is 10.4. The van der Waals surface area contributed by atoms with Crippen LogP contribution in [0.5, 0.6) is 0 Å².